The molecule has 0 saturated carbocycles. The van der Waals surface area contributed by atoms with Crippen molar-refractivity contribution in [3.63, 3.8) is 0 Å². The highest BCUT2D eigenvalue weighted by molar-refractivity contribution is 14.0. The van der Waals surface area contributed by atoms with Crippen molar-refractivity contribution >= 4 is 35.8 Å². The van der Waals surface area contributed by atoms with Crippen LogP contribution in [-0.4, -0.2) is 81.8 Å². The first-order valence-electron chi connectivity index (χ1n) is 11.2. The number of piperazine rings is 1. The molecule has 0 amide bonds. The number of ether oxygens (including phenoxy) is 2. The molecule has 1 N–H and O–H groups in total. The van der Waals surface area contributed by atoms with Gasteiger partial charge in [-0.1, -0.05) is 6.07 Å². The zero-order valence-corrected chi connectivity index (χ0v) is 22.3. The van der Waals surface area contributed by atoms with Crippen molar-refractivity contribution in [2.75, 3.05) is 65.9 Å². The molecule has 0 aliphatic carbocycles. The molecule has 0 spiro atoms. The van der Waals surface area contributed by atoms with Crippen molar-refractivity contribution in [3.05, 3.63) is 47.2 Å². The second-order valence-electron chi connectivity index (χ2n) is 8.32. The SMILES string of the molecule is CN=C(NCc1cccnc1N1CCN(C)CC1)N1CCc2cc(OC)c(OC)cc2C1.I. The minimum atomic E-state index is 0. The van der Waals surface area contributed by atoms with Gasteiger partial charge in [0, 0.05) is 64.6 Å². The summed E-state index contributed by atoms with van der Waals surface area (Å²) in [6, 6.07) is 8.35. The van der Waals surface area contributed by atoms with Gasteiger partial charge >= 0.3 is 0 Å². The molecule has 2 aliphatic heterocycles. The van der Waals surface area contributed by atoms with Crippen LogP contribution < -0.4 is 19.7 Å². The molecule has 3 heterocycles. The Labute approximate surface area is 214 Å². The summed E-state index contributed by atoms with van der Waals surface area (Å²) in [5, 5.41) is 3.57. The van der Waals surface area contributed by atoms with E-state index in [1.54, 1.807) is 14.2 Å². The van der Waals surface area contributed by atoms with Crippen molar-refractivity contribution < 1.29 is 9.47 Å². The third-order valence-corrected chi connectivity index (χ3v) is 6.34. The molecular weight excluding hydrogens is 531 g/mol. The number of hydrogen-bond donors (Lipinski definition) is 1. The average molecular weight is 566 g/mol. The van der Waals surface area contributed by atoms with Gasteiger partial charge in [0.15, 0.2) is 17.5 Å². The normalized spacial score (nSPS) is 16.7. The molecule has 1 aromatic carbocycles. The number of nitrogens with one attached hydrogen (secondary N) is 1. The molecule has 0 unspecified atom stereocenters. The van der Waals surface area contributed by atoms with Crippen molar-refractivity contribution in [2.45, 2.75) is 19.5 Å². The Kier molecular flexibility index (Phi) is 9.02. The van der Waals surface area contributed by atoms with E-state index in [4.69, 9.17) is 14.5 Å². The monoisotopic (exact) mass is 566 g/mol. The first-order valence-corrected chi connectivity index (χ1v) is 11.2. The molecule has 0 bridgehead atoms. The molecular formula is C24H35IN6O2. The number of benzene rings is 1. The van der Waals surface area contributed by atoms with Gasteiger partial charge in [0.2, 0.25) is 0 Å². The van der Waals surface area contributed by atoms with E-state index < -0.39 is 0 Å². The number of likely N-dealkylation sites (N-methyl/N-ethyl adjacent to an activating group) is 1. The molecule has 1 saturated heterocycles. The van der Waals surface area contributed by atoms with Crippen LogP contribution in [0.3, 0.4) is 0 Å². The van der Waals surface area contributed by atoms with E-state index in [-0.39, 0.29) is 24.0 Å². The molecule has 9 heteroatoms. The number of aliphatic imine (C=N–C) groups is 1. The highest BCUT2D eigenvalue weighted by atomic mass is 127. The number of rotatable bonds is 5. The summed E-state index contributed by atoms with van der Waals surface area (Å²) < 4.78 is 11.0. The number of hydrogen-bond acceptors (Lipinski definition) is 6. The highest BCUT2D eigenvalue weighted by Crippen LogP contribution is 2.33. The molecule has 180 valence electrons. The van der Waals surface area contributed by atoms with E-state index in [0.29, 0.717) is 6.54 Å². The summed E-state index contributed by atoms with van der Waals surface area (Å²) in [6.07, 6.45) is 2.82. The largest absolute Gasteiger partial charge is 0.493 e. The van der Waals surface area contributed by atoms with Gasteiger partial charge in [0.05, 0.1) is 14.2 Å². The Bertz CT molecular complexity index is 962. The van der Waals surface area contributed by atoms with Crippen LogP contribution in [0.25, 0.3) is 0 Å². The highest BCUT2D eigenvalue weighted by Gasteiger charge is 2.23. The van der Waals surface area contributed by atoms with Crippen molar-refractivity contribution in [3.8, 4) is 11.5 Å². The van der Waals surface area contributed by atoms with E-state index in [1.165, 1.54) is 16.7 Å². The minimum absolute atomic E-state index is 0. The predicted molar refractivity (Wildman–Crippen MR) is 143 cm³/mol. The van der Waals surface area contributed by atoms with Crippen molar-refractivity contribution in [1.29, 1.82) is 0 Å². The fraction of sp³-hybridized carbons (Fsp3) is 0.500. The Balaban J connectivity index is 0.00000306. The van der Waals surface area contributed by atoms with Gasteiger partial charge in [-0.15, -0.1) is 24.0 Å². The van der Waals surface area contributed by atoms with E-state index in [0.717, 1.165) is 69.0 Å². The lowest BCUT2D eigenvalue weighted by Gasteiger charge is -2.35. The Morgan fingerprint density at radius 3 is 2.42 bits per heavy atom. The quantitative estimate of drug-likeness (QED) is 0.339. The molecule has 0 radical (unpaired) electrons. The average Bonchev–Trinajstić information content (AvgIpc) is 2.84. The smallest absolute Gasteiger partial charge is 0.194 e. The summed E-state index contributed by atoms with van der Waals surface area (Å²) in [5.74, 6) is 3.53. The first kappa shape index (κ1) is 25.4. The zero-order valence-electron chi connectivity index (χ0n) is 20.0. The lowest BCUT2D eigenvalue weighted by Crippen LogP contribution is -2.46. The predicted octanol–water partition coefficient (Wildman–Crippen LogP) is 2.60. The van der Waals surface area contributed by atoms with Crippen LogP contribution in [0.1, 0.15) is 16.7 Å². The molecule has 8 nitrogen and oxygen atoms in total. The number of fused-ring (bicyclic) bond motifs is 1. The Morgan fingerprint density at radius 2 is 1.76 bits per heavy atom. The summed E-state index contributed by atoms with van der Waals surface area (Å²) in [7, 11) is 7.37. The molecule has 4 rings (SSSR count). The summed E-state index contributed by atoms with van der Waals surface area (Å²) in [6.45, 7) is 6.51. The van der Waals surface area contributed by atoms with Crippen LogP contribution in [0, 0.1) is 0 Å². The van der Waals surface area contributed by atoms with Crippen LogP contribution in [0.4, 0.5) is 5.82 Å². The lowest BCUT2D eigenvalue weighted by molar-refractivity contribution is 0.311. The number of pyridine rings is 1. The molecule has 33 heavy (non-hydrogen) atoms. The van der Waals surface area contributed by atoms with Crippen LogP contribution in [-0.2, 0) is 19.5 Å². The summed E-state index contributed by atoms with van der Waals surface area (Å²) in [4.78, 5) is 16.3. The lowest BCUT2D eigenvalue weighted by atomic mass is 9.99. The Morgan fingerprint density at radius 1 is 1.06 bits per heavy atom. The van der Waals surface area contributed by atoms with Crippen LogP contribution in [0.2, 0.25) is 0 Å². The maximum atomic E-state index is 5.50. The minimum Gasteiger partial charge on any atom is -0.493 e. The van der Waals surface area contributed by atoms with E-state index in [1.807, 2.05) is 19.3 Å². The van der Waals surface area contributed by atoms with E-state index in [2.05, 4.69) is 50.3 Å². The molecule has 2 aliphatic rings. The van der Waals surface area contributed by atoms with Gasteiger partial charge < -0.3 is 29.5 Å². The molecule has 1 aromatic heterocycles. The van der Waals surface area contributed by atoms with Crippen molar-refractivity contribution in [1.82, 2.24) is 20.1 Å². The summed E-state index contributed by atoms with van der Waals surface area (Å²) in [5.41, 5.74) is 3.75. The van der Waals surface area contributed by atoms with Gasteiger partial charge in [0.25, 0.3) is 0 Å². The van der Waals surface area contributed by atoms with Gasteiger partial charge in [0.1, 0.15) is 5.82 Å². The number of guanidine groups is 1. The van der Waals surface area contributed by atoms with E-state index >= 15 is 0 Å². The molecule has 2 aromatic rings. The van der Waals surface area contributed by atoms with Crippen molar-refractivity contribution in [2.24, 2.45) is 4.99 Å². The second kappa shape index (κ2) is 11.7. The van der Waals surface area contributed by atoms with E-state index in [9.17, 15) is 0 Å². The third kappa shape index (κ3) is 5.81. The molecule has 1 fully saturated rings. The fourth-order valence-electron chi connectivity index (χ4n) is 4.44. The number of anilines is 1. The zero-order chi connectivity index (χ0) is 22.5. The second-order valence-corrected chi connectivity index (χ2v) is 8.32. The summed E-state index contributed by atoms with van der Waals surface area (Å²) >= 11 is 0. The maximum Gasteiger partial charge on any atom is 0.194 e. The third-order valence-electron chi connectivity index (χ3n) is 6.34. The standard InChI is InChI=1S/C24H34N6O2.HI/c1-25-24(30-9-7-18-14-21(31-3)22(32-4)15-20(18)17-30)27-16-19-6-5-8-26-23(19)29-12-10-28(2)11-13-29;/h5-6,8,14-15H,7,9-13,16-17H2,1-4H3,(H,25,27);1H. The molecule has 0 atom stereocenters. The van der Waals surface area contributed by atoms with Gasteiger partial charge in [-0.2, -0.15) is 0 Å². The van der Waals surface area contributed by atoms with Crippen LogP contribution >= 0.6 is 24.0 Å². The first-order chi connectivity index (χ1) is 15.6. The Hall–Kier alpha value is -2.27. The van der Waals surface area contributed by atoms with Gasteiger partial charge in [-0.25, -0.2) is 4.98 Å². The number of nitrogens with zero attached hydrogens (tertiary/aromatic N) is 5. The topological polar surface area (TPSA) is 65.5 Å². The van der Waals surface area contributed by atoms with Crippen LogP contribution in [0.5, 0.6) is 11.5 Å². The van der Waals surface area contributed by atoms with Gasteiger partial charge in [-0.3, -0.25) is 4.99 Å². The van der Waals surface area contributed by atoms with Gasteiger partial charge in [-0.05, 0) is 42.8 Å². The number of methoxy groups -OCH3 is 2. The number of aromatic nitrogens is 1. The fourth-order valence-corrected chi connectivity index (χ4v) is 4.44. The van der Waals surface area contributed by atoms with Crippen LogP contribution in [0.15, 0.2) is 35.5 Å². The maximum absolute atomic E-state index is 5.50. The number of halogens is 1.